The molecule has 0 radical (unpaired) electrons. The summed E-state index contributed by atoms with van der Waals surface area (Å²) in [5.41, 5.74) is 6.40. The number of carbonyl (C=O) groups is 2. The molecule has 0 bridgehead atoms. The number of carbonyl (C=O) groups excluding carboxylic acids is 2. The van der Waals surface area contributed by atoms with Crippen molar-refractivity contribution in [1.29, 1.82) is 0 Å². The van der Waals surface area contributed by atoms with E-state index in [1.54, 1.807) is 18.5 Å². The molecule has 0 saturated carbocycles. The minimum absolute atomic E-state index is 0.0401. The Kier molecular flexibility index (Phi) is 5.29. The van der Waals surface area contributed by atoms with Gasteiger partial charge < -0.3 is 4.57 Å². The van der Waals surface area contributed by atoms with Crippen molar-refractivity contribution in [1.82, 2.24) is 14.9 Å². The highest BCUT2D eigenvalue weighted by atomic mass is 32.1. The molecule has 1 aliphatic rings. The molecule has 3 aromatic rings. The Bertz CT molecular complexity index is 1260. The van der Waals surface area contributed by atoms with Crippen molar-refractivity contribution in [3.8, 4) is 5.69 Å². The van der Waals surface area contributed by atoms with Crippen LogP contribution in [0.3, 0.4) is 0 Å². The Balaban J connectivity index is 1.77. The second kappa shape index (κ2) is 7.92. The van der Waals surface area contributed by atoms with E-state index in [1.807, 2.05) is 68.7 Å². The molecule has 156 valence electrons. The molecule has 1 aromatic carbocycles. The monoisotopic (exact) mass is 430 g/mol. The predicted molar refractivity (Wildman–Crippen MR) is 125 cm³/mol. The fourth-order valence-electron chi connectivity index (χ4n) is 3.73. The topological polar surface area (TPSA) is 67.2 Å². The zero-order valence-corrected chi connectivity index (χ0v) is 18.6. The number of amides is 2. The standard InChI is InChI=1S/C24H22N4O2S/c1-14-7-8-19(10-15(14)2)28-23(30)21(22(29)26-24(28)31)12-18-11-16(3)27(17(18)4)20-6-5-9-25-13-20/h5-13H,1-4H3,(H,26,29,31)/b21-12-. The van der Waals surface area contributed by atoms with Gasteiger partial charge in [0.15, 0.2) is 5.11 Å². The quantitative estimate of drug-likeness (QED) is 0.388. The number of pyridine rings is 1. The fourth-order valence-corrected chi connectivity index (χ4v) is 4.01. The van der Waals surface area contributed by atoms with E-state index >= 15 is 0 Å². The zero-order chi connectivity index (χ0) is 22.3. The minimum Gasteiger partial charge on any atom is -0.316 e. The summed E-state index contributed by atoms with van der Waals surface area (Å²) in [6, 6.07) is 11.4. The van der Waals surface area contributed by atoms with E-state index in [4.69, 9.17) is 12.2 Å². The molecule has 0 atom stereocenters. The van der Waals surface area contributed by atoms with Crippen molar-refractivity contribution < 1.29 is 9.59 Å². The summed E-state index contributed by atoms with van der Waals surface area (Å²) in [5.74, 6) is -0.940. The number of hydrogen-bond acceptors (Lipinski definition) is 4. The molecule has 3 heterocycles. The highest BCUT2D eigenvalue weighted by Gasteiger charge is 2.34. The summed E-state index contributed by atoms with van der Waals surface area (Å²) in [6.45, 7) is 7.89. The number of anilines is 1. The lowest BCUT2D eigenvalue weighted by atomic mass is 10.1. The maximum absolute atomic E-state index is 13.3. The number of nitrogens with zero attached hydrogens (tertiary/aromatic N) is 3. The summed E-state index contributed by atoms with van der Waals surface area (Å²) in [4.78, 5) is 31.5. The lowest BCUT2D eigenvalue weighted by Gasteiger charge is -2.29. The number of thiocarbonyl (C=S) groups is 1. The van der Waals surface area contributed by atoms with Gasteiger partial charge in [-0.3, -0.25) is 24.8 Å². The summed E-state index contributed by atoms with van der Waals surface area (Å²) in [6.07, 6.45) is 5.12. The van der Waals surface area contributed by atoms with E-state index in [-0.39, 0.29) is 10.7 Å². The molecule has 2 aromatic heterocycles. The normalized spacial score (nSPS) is 15.5. The summed E-state index contributed by atoms with van der Waals surface area (Å²) in [5, 5.41) is 2.73. The lowest BCUT2D eigenvalue weighted by Crippen LogP contribution is -2.54. The van der Waals surface area contributed by atoms with Gasteiger partial charge in [-0.25, -0.2) is 0 Å². The predicted octanol–water partition coefficient (Wildman–Crippen LogP) is 3.94. The van der Waals surface area contributed by atoms with Gasteiger partial charge in [0.05, 0.1) is 17.6 Å². The molecule has 0 spiro atoms. The molecule has 1 N–H and O–H groups in total. The first-order valence-corrected chi connectivity index (χ1v) is 10.3. The molecule has 1 fully saturated rings. The Morgan fingerprint density at radius 1 is 1.00 bits per heavy atom. The number of hydrogen-bond donors (Lipinski definition) is 1. The first-order chi connectivity index (χ1) is 14.8. The fraction of sp³-hybridized carbons (Fsp3) is 0.167. The third-order valence-electron chi connectivity index (χ3n) is 5.52. The number of aryl methyl sites for hydroxylation is 3. The molecular formula is C24H22N4O2S. The summed E-state index contributed by atoms with van der Waals surface area (Å²) in [7, 11) is 0. The lowest BCUT2D eigenvalue weighted by molar-refractivity contribution is -0.122. The number of aromatic nitrogens is 2. The van der Waals surface area contributed by atoms with Crippen LogP contribution < -0.4 is 10.2 Å². The molecule has 1 aliphatic heterocycles. The van der Waals surface area contributed by atoms with Gasteiger partial charge in [0.25, 0.3) is 11.8 Å². The van der Waals surface area contributed by atoms with E-state index in [2.05, 4.69) is 10.3 Å². The highest BCUT2D eigenvalue weighted by Crippen LogP contribution is 2.26. The van der Waals surface area contributed by atoms with Crippen molar-refractivity contribution in [3.05, 3.63) is 82.4 Å². The number of benzene rings is 1. The van der Waals surface area contributed by atoms with Gasteiger partial charge in [0, 0.05) is 17.6 Å². The van der Waals surface area contributed by atoms with Gasteiger partial charge >= 0.3 is 0 Å². The number of nitrogens with one attached hydrogen (secondary N) is 1. The first kappa shape index (κ1) is 20.7. The Morgan fingerprint density at radius 3 is 2.45 bits per heavy atom. The Morgan fingerprint density at radius 2 is 1.77 bits per heavy atom. The van der Waals surface area contributed by atoms with Crippen LogP contribution in [0.25, 0.3) is 11.8 Å². The minimum atomic E-state index is -0.499. The largest absolute Gasteiger partial charge is 0.316 e. The van der Waals surface area contributed by atoms with Crippen molar-refractivity contribution in [2.75, 3.05) is 4.90 Å². The van der Waals surface area contributed by atoms with Gasteiger partial charge in [0.2, 0.25) is 0 Å². The van der Waals surface area contributed by atoms with E-state index in [0.717, 1.165) is 33.8 Å². The molecule has 0 unspecified atom stereocenters. The molecule has 31 heavy (non-hydrogen) atoms. The molecular weight excluding hydrogens is 408 g/mol. The molecule has 4 rings (SSSR count). The maximum atomic E-state index is 13.3. The van der Waals surface area contributed by atoms with E-state index < -0.39 is 11.8 Å². The summed E-state index contributed by atoms with van der Waals surface area (Å²) < 4.78 is 2.04. The number of rotatable bonds is 3. The molecule has 2 amide bonds. The van der Waals surface area contributed by atoms with Crippen LogP contribution in [0.2, 0.25) is 0 Å². The third kappa shape index (κ3) is 3.68. The van der Waals surface area contributed by atoms with Crippen LogP contribution in [0.15, 0.2) is 54.4 Å². The van der Waals surface area contributed by atoms with E-state index in [0.29, 0.717) is 5.69 Å². The van der Waals surface area contributed by atoms with E-state index in [9.17, 15) is 9.59 Å². The van der Waals surface area contributed by atoms with Crippen LogP contribution >= 0.6 is 12.2 Å². The van der Waals surface area contributed by atoms with Gasteiger partial charge in [-0.2, -0.15) is 0 Å². The van der Waals surface area contributed by atoms with Crippen molar-refractivity contribution in [2.45, 2.75) is 27.7 Å². The molecule has 0 aliphatic carbocycles. The first-order valence-electron chi connectivity index (χ1n) is 9.86. The van der Waals surface area contributed by atoms with Crippen LogP contribution in [0, 0.1) is 27.7 Å². The van der Waals surface area contributed by atoms with E-state index in [1.165, 1.54) is 4.90 Å². The molecule has 6 nitrogen and oxygen atoms in total. The summed E-state index contributed by atoms with van der Waals surface area (Å²) >= 11 is 5.31. The van der Waals surface area contributed by atoms with Crippen molar-refractivity contribution in [2.24, 2.45) is 0 Å². The van der Waals surface area contributed by atoms with Crippen LogP contribution in [-0.2, 0) is 9.59 Å². The van der Waals surface area contributed by atoms with Crippen molar-refractivity contribution in [3.63, 3.8) is 0 Å². The SMILES string of the molecule is Cc1ccc(N2C(=O)/C(=C\c3cc(C)n(-c4cccnc4)c3C)C(=O)NC2=S)cc1C. The Labute approximate surface area is 186 Å². The van der Waals surface area contributed by atoms with Crippen LogP contribution in [0.4, 0.5) is 5.69 Å². The second-order valence-electron chi connectivity index (χ2n) is 7.60. The second-order valence-corrected chi connectivity index (χ2v) is 7.99. The smallest absolute Gasteiger partial charge is 0.270 e. The Hall–Kier alpha value is -3.58. The van der Waals surface area contributed by atoms with Gasteiger partial charge in [-0.1, -0.05) is 6.07 Å². The van der Waals surface area contributed by atoms with Gasteiger partial charge in [-0.05, 0) is 93.0 Å². The zero-order valence-electron chi connectivity index (χ0n) is 17.8. The average Bonchev–Trinajstić information content (AvgIpc) is 3.01. The van der Waals surface area contributed by atoms with Crippen LogP contribution in [0.5, 0.6) is 0 Å². The third-order valence-corrected chi connectivity index (χ3v) is 5.81. The highest BCUT2D eigenvalue weighted by molar-refractivity contribution is 7.80. The molecule has 7 heteroatoms. The molecule has 1 saturated heterocycles. The van der Waals surface area contributed by atoms with Gasteiger partial charge in [0.1, 0.15) is 5.57 Å². The van der Waals surface area contributed by atoms with Crippen LogP contribution in [0.1, 0.15) is 28.1 Å². The van der Waals surface area contributed by atoms with Crippen LogP contribution in [-0.4, -0.2) is 26.5 Å². The van der Waals surface area contributed by atoms with Gasteiger partial charge in [-0.15, -0.1) is 0 Å². The average molecular weight is 431 g/mol. The maximum Gasteiger partial charge on any atom is 0.270 e. The van der Waals surface area contributed by atoms with Crippen molar-refractivity contribution >= 4 is 40.9 Å².